The largest absolute Gasteiger partial charge is 0.459 e. The highest BCUT2D eigenvalue weighted by molar-refractivity contribution is 5.77. The molecule has 0 radical (unpaired) electrons. The van der Waals surface area contributed by atoms with E-state index in [-0.39, 0.29) is 6.04 Å². The smallest absolute Gasteiger partial charge is 0.134 e. The molecule has 0 aliphatic heterocycles. The third-order valence-electron chi connectivity index (χ3n) is 3.82. The van der Waals surface area contributed by atoms with Crippen molar-refractivity contribution >= 4 is 11.0 Å². The predicted molar refractivity (Wildman–Crippen MR) is 89.6 cm³/mol. The molecule has 0 aliphatic carbocycles. The molecule has 0 fully saturated rings. The van der Waals surface area contributed by atoms with E-state index in [1.165, 1.54) is 11.8 Å². The zero-order valence-corrected chi connectivity index (χ0v) is 13.7. The predicted octanol–water partition coefficient (Wildman–Crippen LogP) is 4.06. The lowest BCUT2D eigenvalue weighted by atomic mass is 10.1. The Balaban J connectivity index is 2.07. The topological polar surface area (TPSA) is 28.4 Å². The Hall–Kier alpha value is -1.32. The molecular formula is C18H28N2O. The summed E-state index contributed by atoms with van der Waals surface area (Å²) in [7, 11) is 2.19. The first-order valence-electron chi connectivity index (χ1n) is 8.00. The molecule has 21 heavy (non-hydrogen) atoms. The summed E-state index contributed by atoms with van der Waals surface area (Å²) < 4.78 is 6.02. The van der Waals surface area contributed by atoms with Crippen LogP contribution >= 0.6 is 0 Å². The lowest BCUT2D eigenvalue weighted by molar-refractivity contribution is 0.261. The quantitative estimate of drug-likeness (QED) is 0.794. The average Bonchev–Trinajstić information content (AvgIpc) is 2.88. The van der Waals surface area contributed by atoms with Crippen molar-refractivity contribution in [2.75, 3.05) is 26.7 Å². The van der Waals surface area contributed by atoms with Crippen molar-refractivity contribution in [3.05, 3.63) is 36.1 Å². The number of hydrogen-bond donors (Lipinski definition) is 1. The summed E-state index contributed by atoms with van der Waals surface area (Å²) in [5, 5.41) is 4.72. The van der Waals surface area contributed by atoms with E-state index in [9.17, 15) is 0 Å². The summed E-state index contributed by atoms with van der Waals surface area (Å²) >= 11 is 0. The lowest BCUT2D eigenvalue weighted by Crippen LogP contribution is -2.33. The second kappa shape index (κ2) is 7.62. The molecule has 0 saturated heterocycles. The van der Waals surface area contributed by atoms with Gasteiger partial charge in [0, 0.05) is 11.9 Å². The fraction of sp³-hybridized carbons (Fsp3) is 0.556. The number of hydrogen-bond acceptors (Lipinski definition) is 3. The first kappa shape index (κ1) is 16.1. The highest BCUT2D eigenvalue weighted by Crippen LogP contribution is 2.24. The van der Waals surface area contributed by atoms with Gasteiger partial charge >= 0.3 is 0 Å². The Morgan fingerprint density at radius 3 is 2.67 bits per heavy atom. The molecule has 1 aromatic carbocycles. The van der Waals surface area contributed by atoms with Crippen LogP contribution in [0.5, 0.6) is 0 Å². The minimum absolute atomic E-state index is 0.250. The van der Waals surface area contributed by atoms with Crippen LogP contribution in [0, 0.1) is 5.92 Å². The molecule has 2 rings (SSSR count). The van der Waals surface area contributed by atoms with E-state index in [0.29, 0.717) is 0 Å². The lowest BCUT2D eigenvalue weighted by Gasteiger charge is -2.24. The molecular weight excluding hydrogens is 260 g/mol. The molecule has 2 aromatic rings. The van der Waals surface area contributed by atoms with E-state index in [0.717, 1.165) is 36.9 Å². The average molecular weight is 288 g/mol. The van der Waals surface area contributed by atoms with Crippen molar-refractivity contribution < 1.29 is 4.42 Å². The Labute approximate surface area is 128 Å². The maximum absolute atomic E-state index is 6.02. The SMILES string of the molecule is CCNC(CN(C)CCC(C)C)c1cc2ccccc2o1. The van der Waals surface area contributed by atoms with Crippen molar-refractivity contribution in [2.45, 2.75) is 33.2 Å². The Morgan fingerprint density at radius 2 is 2.00 bits per heavy atom. The number of fused-ring (bicyclic) bond motifs is 1. The van der Waals surface area contributed by atoms with Gasteiger partial charge in [-0.15, -0.1) is 0 Å². The minimum Gasteiger partial charge on any atom is -0.459 e. The Kier molecular flexibility index (Phi) is 5.83. The molecule has 3 nitrogen and oxygen atoms in total. The number of benzene rings is 1. The van der Waals surface area contributed by atoms with Crippen LogP contribution in [0.3, 0.4) is 0 Å². The fourth-order valence-corrected chi connectivity index (χ4v) is 2.56. The Morgan fingerprint density at radius 1 is 1.24 bits per heavy atom. The zero-order valence-electron chi connectivity index (χ0n) is 13.7. The van der Waals surface area contributed by atoms with Gasteiger partial charge in [-0.05, 0) is 44.6 Å². The van der Waals surface area contributed by atoms with Gasteiger partial charge < -0.3 is 14.6 Å². The molecule has 3 heteroatoms. The third-order valence-corrected chi connectivity index (χ3v) is 3.82. The van der Waals surface area contributed by atoms with Gasteiger partial charge in [0.1, 0.15) is 11.3 Å². The number of para-hydroxylation sites is 1. The van der Waals surface area contributed by atoms with E-state index in [1.807, 2.05) is 12.1 Å². The summed E-state index contributed by atoms with van der Waals surface area (Å²) in [5.41, 5.74) is 0.972. The molecule has 1 aromatic heterocycles. The molecule has 0 spiro atoms. The van der Waals surface area contributed by atoms with Gasteiger partial charge in [0.15, 0.2) is 0 Å². The van der Waals surface area contributed by atoms with Crippen LogP contribution in [0.4, 0.5) is 0 Å². The van der Waals surface area contributed by atoms with Crippen LogP contribution in [0.1, 0.15) is 39.0 Å². The van der Waals surface area contributed by atoms with Crippen LogP contribution in [0.2, 0.25) is 0 Å². The minimum atomic E-state index is 0.250. The number of nitrogens with one attached hydrogen (secondary N) is 1. The number of likely N-dealkylation sites (N-methyl/N-ethyl adjacent to an activating group) is 2. The summed E-state index contributed by atoms with van der Waals surface area (Å²) in [4.78, 5) is 2.39. The van der Waals surface area contributed by atoms with E-state index in [2.05, 4.69) is 56.2 Å². The molecule has 0 aliphatic rings. The number of nitrogens with zero attached hydrogens (tertiary/aromatic N) is 1. The Bertz CT molecular complexity index is 514. The summed E-state index contributed by atoms with van der Waals surface area (Å²) in [6.45, 7) is 9.73. The maximum atomic E-state index is 6.02. The van der Waals surface area contributed by atoms with Crippen molar-refractivity contribution in [3.63, 3.8) is 0 Å². The maximum Gasteiger partial charge on any atom is 0.134 e. The second-order valence-corrected chi connectivity index (χ2v) is 6.24. The number of furan rings is 1. The first-order valence-corrected chi connectivity index (χ1v) is 8.00. The molecule has 1 heterocycles. The van der Waals surface area contributed by atoms with Gasteiger partial charge in [-0.2, -0.15) is 0 Å². The second-order valence-electron chi connectivity index (χ2n) is 6.24. The van der Waals surface area contributed by atoms with E-state index < -0.39 is 0 Å². The van der Waals surface area contributed by atoms with Crippen LogP contribution in [-0.2, 0) is 0 Å². The third kappa shape index (κ3) is 4.58. The molecule has 116 valence electrons. The van der Waals surface area contributed by atoms with Gasteiger partial charge in [-0.25, -0.2) is 0 Å². The van der Waals surface area contributed by atoms with Crippen molar-refractivity contribution in [1.29, 1.82) is 0 Å². The number of rotatable bonds is 8. The zero-order chi connectivity index (χ0) is 15.2. The van der Waals surface area contributed by atoms with Gasteiger partial charge in [-0.3, -0.25) is 0 Å². The van der Waals surface area contributed by atoms with Crippen molar-refractivity contribution in [1.82, 2.24) is 10.2 Å². The summed E-state index contributed by atoms with van der Waals surface area (Å²) in [5.74, 6) is 1.78. The van der Waals surface area contributed by atoms with Gasteiger partial charge in [0.25, 0.3) is 0 Å². The molecule has 1 N–H and O–H groups in total. The van der Waals surface area contributed by atoms with E-state index >= 15 is 0 Å². The van der Waals surface area contributed by atoms with E-state index in [1.54, 1.807) is 0 Å². The van der Waals surface area contributed by atoms with Crippen molar-refractivity contribution in [2.24, 2.45) is 5.92 Å². The normalized spacial score (nSPS) is 13.4. The summed E-state index contributed by atoms with van der Waals surface area (Å²) in [6, 6.07) is 10.6. The van der Waals surface area contributed by atoms with Crippen molar-refractivity contribution in [3.8, 4) is 0 Å². The van der Waals surface area contributed by atoms with E-state index in [4.69, 9.17) is 4.42 Å². The first-order chi connectivity index (χ1) is 10.1. The van der Waals surface area contributed by atoms with Crippen LogP contribution in [0.25, 0.3) is 11.0 Å². The van der Waals surface area contributed by atoms with Crippen LogP contribution < -0.4 is 5.32 Å². The molecule has 1 atom stereocenters. The molecule has 0 saturated carbocycles. The molecule has 1 unspecified atom stereocenters. The van der Waals surface area contributed by atoms with Gasteiger partial charge in [0.2, 0.25) is 0 Å². The van der Waals surface area contributed by atoms with Crippen LogP contribution in [-0.4, -0.2) is 31.6 Å². The summed E-state index contributed by atoms with van der Waals surface area (Å²) in [6.07, 6.45) is 1.23. The monoisotopic (exact) mass is 288 g/mol. The molecule has 0 bridgehead atoms. The van der Waals surface area contributed by atoms with Gasteiger partial charge in [0.05, 0.1) is 6.04 Å². The highest BCUT2D eigenvalue weighted by atomic mass is 16.3. The van der Waals surface area contributed by atoms with Gasteiger partial charge in [-0.1, -0.05) is 39.0 Å². The van der Waals surface area contributed by atoms with Crippen LogP contribution in [0.15, 0.2) is 34.7 Å². The standard InChI is InChI=1S/C18H28N2O/c1-5-19-16(13-20(4)11-10-14(2)3)18-12-15-8-6-7-9-17(15)21-18/h6-9,12,14,16,19H,5,10-11,13H2,1-4H3. The molecule has 0 amide bonds. The fourth-order valence-electron chi connectivity index (χ4n) is 2.56. The highest BCUT2D eigenvalue weighted by Gasteiger charge is 2.17.